The third-order valence-electron chi connectivity index (χ3n) is 3.76. The van der Waals surface area contributed by atoms with Gasteiger partial charge in [0.2, 0.25) is 5.43 Å². The fraction of sp³-hybridized carbons (Fsp3) is 0.111. The number of ketones is 1. The number of Topliss-reactive ketones (excluding diaryl/α,β-unsaturated/α-hetero) is 1. The van der Waals surface area contributed by atoms with E-state index in [4.69, 9.17) is 11.6 Å². The Kier molecular flexibility index (Phi) is 4.37. The van der Waals surface area contributed by atoms with Crippen molar-refractivity contribution in [1.82, 2.24) is 9.78 Å². The van der Waals surface area contributed by atoms with Gasteiger partial charge in [-0.2, -0.15) is 5.10 Å². The van der Waals surface area contributed by atoms with Gasteiger partial charge < -0.3 is 5.32 Å². The van der Waals surface area contributed by atoms with Gasteiger partial charge in [-0.25, -0.2) is 0 Å². The predicted molar refractivity (Wildman–Crippen MR) is 96.4 cm³/mol. The molecule has 0 atom stereocenters. The summed E-state index contributed by atoms with van der Waals surface area (Å²) in [5.74, 6) is -0.770. The maximum Gasteiger partial charge on any atom is 0.280 e. The van der Waals surface area contributed by atoms with Crippen LogP contribution in [0.25, 0.3) is 10.9 Å². The Morgan fingerprint density at radius 2 is 1.92 bits per heavy atom. The lowest BCUT2D eigenvalue weighted by molar-refractivity contribution is 0.100. The van der Waals surface area contributed by atoms with Gasteiger partial charge in [0.25, 0.3) is 5.91 Å². The van der Waals surface area contributed by atoms with Crippen LogP contribution in [0.4, 0.5) is 5.69 Å². The van der Waals surface area contributed by atoms with Crippen LogP contribution in [0.3, 0.4) is 0 Å². The quantitative estimate of drug-likeness (QED) is 0.732. The number of aromatic nitrogens is 2. The van der Waals surface area contributed by atoms with E-state index in [1.807, 2.05) is 0 Å². The summed E-state index contributed by atoms with van der Waals surface area (Å²) < 4.78 is 1.45. The third kappa shape index (κ3) is 3.29. The predicted octanol–water partition coefficient (Wildman–Crippen LogP) is 3.04. The number of halogens is 1. The fourth-order valence-corrected chi connectivity index (χ4v) is 2.68. The van der Waals surface area contributed by atoms with Crippen molar-refractivity contribution in [2.24, 2.45) is 7.05 Å². The minimum Gasteiger partial charge on any atom is -0.320 e. The first kappa shape index (κ1) is 16.9. The number of fused-ring (bicyclic) bond motifs is 1. The normalized spacial score (nSPS) is 10.7. The van der Waals surface area contributed by atoms with Crippen LogP contribution in [-0.2, 0) is 7.05 Å². The van der Waals surface area contributed by atoms with E-state index in [1.165, 1.54) is 17.7 Å². The molecule has 0 radical (unpaired) electrons. The van der Waals surface area contributed by atoms with Crippen molar-refractivity contribution in [3.05, 3.63) is 69.0 Å². The van der Waals surface area contributed by atoms with Crippen LogP contribution in [0.15, 0.2) is 47.3 Å². The molecule has 2 aromatic carbocycles. The van der Waals surface area contributed by atoms with E-state index in [0.29, 0.717) is 27.2 Å². The molecule has 3 rings (SSSR count). The van der Waals surface area contributed by atoms with E-state index in [9.17, 15) is 14.4 Å². The van der Waals surface area contributed by atoms with Crippen LogP contribution in [0.1, 0.15) is 27.8 Å². The molecule has 0 saturated heterocycles. The number of carbonyl (C=O) groups is 2. The molecule has 1 aromatic heterocycles. The highest BCUT2D eigenvalue weighted by atomic mass is 35.5. The zero-order chi connectivity index (χ0) is 18.1. The maximum atomic E-state index is 12.6. The summed E-state index contributed by atoms with van der Waals surface area (Å²) in [5.41, 5.74) is 0.697. The highest BCUT2D eigenvalue weighted by molar-refractivity contribution is 6.31. The Balaban J connectivity index is 2.03. The molecule has 0 fully saturated rings. The highest BCUT2D eigenvalue weighted by Crippen LogP contribution is 2.16. The number of anilines is 1. The molecule has 0 aliphatic rings. The fourth-order valence-electron chi connectivity index (χ4n) is 2.50. The average Bonchev–Trinajstić information content (AvgIpc) is 2.58. The Hall–Kier alpha value is -2.99. The number of carbonyl (C=O) groups excluding carboxylic acids is 2. The van der Waals surface area contributed by atoms with E-state index in [0.717, 1.165) is 0 Å². The molecule has 0 spiro atoms. The van der Waals surface area contributed by atoms with E-state index in [2.05, 4.69) is 10.4 Å². The van der Waals surface area contributed by atoms with Crippen molar-refractivity contribution < 1.29 is 9.59 Å². The SMILES string of the molecule is CC(=O)c1cccc(NC(=O)c2nn(C)c3ccc(Cl)cc3c2=O)c1. The number of rotatable bonds is 3. The number of benzene rings is 2. The van der Waals surface area contributed by atoms with Crippen molar-refractivity contribution in [3.8, 4) is 0 Å². The van der Waals surface area contributed by atoms with Gasteiger partial charge in [-0.05, 0) is 37.3 Å². The number of hydrogen-bond acceptors (Lipinski definition) is 4. The molecule has 0 bridgehead atoms. The van der Waals surface area contributed by atoms with Gasteiger partial charge >= 0.3 is 0 Å². The van der Waals surface area contributed by atoms with Crippen LogP contribution < -0.4 is 10.7 Å². The van der Waals surface area contributed by atoms with E-state index in [-0.39, 0.29) is 11.5 Å². The molecule has 25 heavy (non-hydrogen) atoms. The molecule has 0 aliphatic carbocycles. The second kappa shape index (κ2) is 6.49. The molecule has 3 aromatic rings. The minimum atomic E-state index is -0.650. The van der Waals surface area contributed by atoms with Crippen molar-refractivity contribution in [2.45, 2.75) is 6.92 Å². The van der Waals surface area contributed by atoms with Crippen LogP contribution in [-0.4, -0.2) is 21.5 Å². The van der Waals surface area contributed by atoms with E-state index >= 15 is 0 Å². The summed E-state index contributed by atoms with van der Waals surface area (Å²) >= 11 is 5.95. The smallest absolute Gasteiger partial charge is 0.280 e. The van der Waals surface area contributed by atoms with Crippen LogP contribution in [0.2, 0.25) is 5.02 Å². The zero-order valence-electron chi connectivity index (χ0n) is 13.5. The van der Waals surface area contributed by atoms with Gasteiger partial charge in [0.1, 0.15) is 0 Å². The number of hydrogen-bond donors (Lipinski definition) is 1. The van der Waals surface area contributed by atoms with Gasteiger partial charge in [0.05, 0.1) is 10.9 Å². The molecule has 0 saturated carbocycles. The number of aryl methyl sites for hydroxylation is 1. The number of nitrogens with one attached hydrogen (secondary N) is 1. The van der Waals surface area contributed by atoms with E-state index in [1.54, 1.807) is 43.4 Å². The van der Waals surface area contributed by atoms with Crippen molar-refractivity contribution in [3.63, 3.8) is 0 Å². The van der Waals surface area contributed by atoms with Gasteiger partial charge in [0.15, 0.2) is 11.5 Å². The van der Waals surface area contributed by atoms with Crippen molar-refractivity contribution in [1.29, 1.82) is 0 Å². The lowest BCUT2D eigenvalue weighted by atomic mass is 10.1. The van der Waals surface area contributed by atoms with Crippen LogP contribution in [0.5, 0.6) is 0 Å². The molecule has 1 amide bonds. The summed E-state index contributed by atoms with van der Waals surface area (Å²) in [6.45, 7) is 1.44. The topological polar surface area (TPSA) is 81.1 Å². The molecule has 1 N–H and O–H groups in total. The third-order valence-corrected chi connectivity index (χ3v) is 3.99. The Labute approximate surface area is 148 Å². The Morgan fingerprint density at radius 3 is 2.64 bits per heavy atom. The molecule has 0 unspecified atom stereocenters. The minimum absolute atomic E-state index is 0.120. The first-order valence-electron chi connectivity index (χ1n) is 7.46. The summed E-state index contributed by atoms with van der Waals surface area (Å²) in [7, 11) is 1.64. The summed E-state index contributed by atoms with van der Waals surface area (Å²) in [4.78, 5) is 36.5. The molecule has 7 heteroatoms. The average molecular weight is 356 g/mol. The van der Waals surface area contributed by atoms with Crippen molar-refractivity contribution in [2.75, 3.05) is 5.32 Å². The second-order valence-electron chi connectivity index (χ2n) is 5.55. The van der Waals surface area contributed by atoms with Crippen LogP contribution >= 0.6 is 11.6 Å². The van der Waals surface area contributed by atoms with E-state index < -0.39 is 11.3 Å². The molecular weight excluding hydrogens is 342 g/mol. The number of nitrogens with zero attached hydrogens (tertiary/aromatic N) is 2. The second-order valence-corrected chi connectivity index (χ2v) is 5.99. The Morgan fingerprint density at radius 1 is 1.16 bits per heavy atom. The van der Waals surface area contributed by atoms with Gasteiger partial charge in [0, 0.05) is 23.3 Å². The summed E-state index contributed by atoms with van der Waals surface area (Å²) in [6, 6.07) is 11.3. The highest BCUT2D eigenvalue weighted by Gasteiger charge is 2.17. The summed E-state index contributed by atoms with van der Waals surface area (Å²) in [6.07, 6.45) is 0. The number of amides is 1. The zero-order valence-corrected chi connectivity index (χ0v) is 14.3. The monoisotopic (exact) mass is 355 g/mol. The van der Waals surface area contributed by atoms with Gasteiger partial charge in [-0.3, -0.25) is 19.1 Å². The largest absolute Gasteiger partial charge is 0.320 e. The first-order chi connectivity index (χ1) is 11.9. The first-order valence-corrected chi connectivity index (χ1v) is 7.83. The molecule has 1 heterocycles. The molecular formula is C18H14ClN3O3. The van der Waals surface area contributed by atoms with Gasteiger partial charge in [-0.15, -0.1) is 0 Å². The molecule has 0 aliphatic heterocycles. The van der Waals surface area contributed by atoms with Gasteiger partial charge in [-0.1, -0.05) is 23.7 Å². The lowest BCUT2D eigenvalue weighted by Gasteiger charge is -2.09. The van der Waals surface area contributed by atoms with Crippen LogP contribution in [0, 0.1) is 0 Å². The van der Waals surface area contributed by atoms with Crippen molar-refractivity contribution >= 4 is 39.9 Å². The molecule has 6 nitrogen and oxygen atoms in total. The Bertz CT molecular complexity index is 1070. The molecule has 126 valence electrons. The standard InChI is InChI=1S/C18H14ClN3O3/c1-10(23)11-4-3-5-13(8-11)20-18(25)16-17(24)14-9-12(19)6-7-15(14)22(2)21-16/h3-9H,1-2H3,(H,20,25). The summed E-state index contributed by atoms with van der Waals surface area (Å²) in [5, 5.41) is 7.38. The lowest BCUT2D eigenvalue weighted by Crippen LogP contribution is -2.26. The maximum absolute atomic E-state index is 12.6.